The number of hydrogen-bond donors (Lipinski definition) is 0. The molecule has 152 valence electrons. The number of carbonyl (C=O) groups excluding carboxylic acids is 1. The first-order valence-electron chi connectivity index (χ1n) is 9.73. The first-order valence-corrected chi connectivity index (χ1v) is 10.5. The number of rotatable bonds is 4. The Kier molecular flexibility index (Phi) is 5.34. The van der Waals surface area contributed by atoms with Gasteiger partial charge in [-0.15, -0.1) is 0 Å². The molecule has 2 heterocycles. The normalized spacial score (nSPS) is 23.0. The number of carbonyl (C=O) groups is 1. The summed E-state index contributed by atoms with van der Waals surface area (Å²) in [5.41, 5.74) is 0.902. The molecule has 0 fully saturated rings. The van der Waals surface area contributed by atoms with E-state index in [4.69, 9.17) is 4.74 Å². The predicted molar refractivity (Wildman–Crippen MR) is 110 cm³/mol. The van der Waals surface area contributed by atoms with Crippen molar-refractivity contribution in [2.24, 2.45) is 11.0 Å². The highest BCUT2D eigenvalue weighted by molar-refractivity contribution is 8.15. The van der Waals surface area contributed by atoms with Crippen LogP contribution in [0.25, 0.3) is 0 Å². The van der Waals surface area contributed by atoms with Crippen molar-refractivity contribution in [2.45, 2.75) is 38.0 Å². The van der Waals surface area contributed by atoms with Gasteiger partial charge in [0.25, 0.3) is 0 Å². The van der Waals surface area contributed by atoms with Crippen LogP contribution in [0.3, 0.4) is 0 Å². The fourth-order valence-electron chi connectivity index (χ4n) is 4.02. The largest absolute Gasteiger partial charge is 0.493 e. The number of ether oxygens (including phenoxy) is 1. The van der Waals surface area contributed by atoms with E-state index in [1.54, 1.807) is 0 Å². The Hall–Kier alpha value is -2.41. The van der Waals surface area contributed by atoms with Crippen molar-refractivity contribution < 1.29 is 18.3 Å². The van der Waals surface area contributed by atoms with Crippen molar-refractivity contribution in [1.29, 1.82) is 0 Å². The average molecular weight is 416 g/mol. The van der Waals surface area contributed by atoms with Crippen molar-refractivity contribution in [3.63, 3.8) is 0 Å². The molecule has 2 atom stereocenters. The number of nitrogens with zero attached hydrogens (tertiary/aromatic N) is 2. The Morgan fingerprint density at radius 1 is 1.31 bits per heavy atom. The number of amides is 1. The lowest BCUT2D eigenvalue weighted by atomic mass is 9.85. The maximum Gasteiger partial charge on any atom is 0.241 e. The summed E-state index contributed by atoms with van der Waals surface area (Å²) in [5, 5.41) is 6.24. The van der Waals surface area contributed by atoms with Crippen molar-refractivity contribution in [3.8, 4) is 5.75 Å². The van der Waals surface area contributed by atoms with Crippen molar-refractivity contribution >= 4 is 22.7 Å². The molecular formula is C22H22F2N2O2S. The minimum atomic E-state index is -0.843. The van der Waals surface area contributed by atoms with Crippen molar-refractivity contribution in [2.75, 3.05) is 6.61 Å². The summed E-state index contributed by atoms with van der Waals surface area (Å²) >= 11 is 1.32. The van der Waals surface area contributed by atoms with Crippen molar-refractivity contribution in [3.05, 3.63) is 65.2 Å². The SMILES string of the molecule is CCCC[C@H]1COc2ccccc2[C@]12SC(c1cc(F)ccc1F)=NN2C(C)=O. The van der Waals surface area contributed by atoms with Crippen LogP contribution < -0.4 is 4.74 Å². The molecule has 0 aliphatic carbocycles. The molecule has 0 bridgehead atoms. The van der Waals surface area contributed by atoms with Gasteiger partial charge in [0.05, 0.1) is 6.61 Å². The van der Waals surface area contributed by atoms with Gasteiger partial charge >= 0.3 is 0 Å². The van der Waals surface area contributed by atoms with Gasteiger partial charge in [0, 0.05) is 24.0 Å². The third kappa shape index (κ3) is 3.31. The van der Waals surface area contributed by atoms with Gasteiger partial charge in [-0.2, -0.15) is 5.10 Å². The molecule has 7 heteroatoms. The van der Waals surface area contributed by atoms with Crippen LogP contribution in [0.2, 0.25) is 0 Å². The zero-order valence-electron chi connectivity index (χ0n) is 16.3. The highest BCUT2D eigenvalue weighted by atomic mass is 32.2. The zero-order chi connectivity index (χ0) is 20.6. The Bertz CT molecular complexity index is 981. The quantitative estimate of drug-likeness (QED) is 0.682. The summed E-state index contributed by atoms with van der Waals surface area (Å²) in [6.07, 6.45) is 2.80. The molecule has 0 aromatic heterocycles. The summed E-state index contributed by atoms with van der Waals surface area (Å²) in [7, 11) is 0. The van der Waals surface area contributed by atoms with E-state index >= 15 is 0 Å². The number of hydrazone groups is 1. The predicted octanol–water partition coefficient (Wildman–Crippen LogP) is 5.27. The highest BCUT2D eigenvalue weighted by Gasteiger charge is 2.56. The van der Waals surface area contributed by atoms with Crippen LogP contribution in [0.1, 0.15) is 44.2 Å². The summed E-state index contributed by atoms with van der Waals surface area (Å²) in [6, 6.07) is 10.9. The number of benzene rings is 2. The molecule has 1 amide bonds. The summed E-state index contributed by atoms with van der Waals surface area (Å²) < 4.78 is 34.3. The lowest BCUT2D eigenvalue weighted by Crippen LogP contribution is -2.50. The van der Waals surface area contributed by atoms with Crippen LogP contribution in [-0.4, -0.2) is 22.6 Å². The molecule has 0 radical (unpaired) electrons. The maximum absolute atomic E-state index is 14.5. The van der Waals surface area contributed by atoms with E-state index < -0.39 is 16.5 Å². The molecule has 2 aliphatic rings. The fraction of sp³-hybridized carbons (Fsp3) is 0.364. The third-order valence-corrected chi connectivity index (χ3v) is 6.92. The molecular weight excluding hydrogens is 394 g/mol. The Labute approximate surface area is 172 Å². The average Bonchev–Trinajstić information content (AvgIpc) is 3.11. The van der Waals surface area contributed by atoms with Crippen LogP contribution >= 0.6 is 11.8 Å². The van der Waals surface area contributed by atoms with Gasteiger partial charge in [0.15, 0.2) is 4.87 Å². The van der Waals surface area contributed by atoms with E-state index in [1.807, 2.05) is 24.3 Å². The van der Waals surface area contributed by atoms with Gasteiger partial charge in [0.2, 0.25) is 5.91 Å². The van der Waals surface area contributed by atoms with E-state index in [1.165, 1.54) is 23.7 Å². The van der Waals surface area contributed by atoms with Gasteiger partial charge in [-0.25, -0.2) is 13.8 Å². The number of para-hydroxylation sites is 1. The Morgan fingerprint density at radius 3 is 2.86 bits per heavy atom. The zero-order valence-corrected chi connectivity index (χ0v) is 17.1. The van der Waals surface area contributed by atoms with E-state index in [2.05, 4.69) is 12.0 Å². The van der Waals surface area contributed by atoms with Gasteiger partial charge in [-0.05, 0) is 30.7 Å². The first kappa shape index (κ1) is 19.9. The molecule has 1 spiro atoms. The summed E-state index contributed by atoms with van der Waals surface area (Å²) in [4.78, 5) is 11.8. The van der Waals surface area contributed by atoms with Gasteiger partial charge in [-0.1, -0.05) is 49.7 Å². The van der Waals surface area contributed by atoms with Gasteiger partial charge in [-0.3, -0.25) is 4.79 Å². The molecule has 4 nitrogen and oxygen atoms in total. The molecule has 2 aromatic carbocycles. The molecule has 2 aromatic rings. The standard InChI is InChI=1S/C22H22F2N2O2S/c1-3-4-7-15-13-28-20-9-6-5-8-18(20)22(15)26(14(2)27)25-21(29-22)17-12-16(23)10-11-19(17)24/h5-6,8-12,15H,3-4,7,13H2,1-2H3/t15-,22+/m0/s1. The smallest absolute Gasteiger partial charge is 0.241 e. The minimum absolute atomic E-state index is 0.0379. The third-order valence-electron chi connectivity index (χ3n) is 5.39. The molecule has 2 aliphatic heterocycles. The molecule has 0 unspecified atom stereocenters. The van der Waals surface area contributed by atoms with Crippen LogP contribution in [0.5, 0.6) is 5.75 Å². The van der Waals surface area contributed by atoms with E-state index in [0.717, 1.165) is 43.0 Å². The Balaban J connectivity index is 1.87. The van der Waals surface area contributed by atoms with E-state index in [0.29, 0.717) is 17.4 Å². The number of hydrogen-bond acceptors (Lipinski definition) is 4. The molecule has 0 saturated carbocycles. The second kappa shape index (κ2) is 7.78. The van der Waals surface area contributed by atoms with E-state index in [9.17, 15) is 13.6 Å². The monoisotopic (exact) mass is 416 g/mol. The lowest BCUT2D eigenvalue weighted by Gasteiger charge is -2.45. The number of fused-ring (bicyclic) bond motifs is 2. The van der Waals surface area contributed by atoms with Crippen LogP contribution in [-0.2, 0) is 9.67 Å². The number of unbranched alkanes of at least 4 members (excludes halogenated alkanes) is 1. The van der Waals surface area contributed by atoms with Crippen LogP contribution in [0.4, 0.5) is 8.78 Å². The Morgan fingerprint density at radius 2 is 2.10 bits per heavy atom. The molecule has 29 heavy (non-hydrogen) atoms. The molecule has 0 saturated heterocycles. The first-order chi connectivity index (χ1) is 14.0. The van der Waals surface area contributed by atoms with E-state index in [-0.39, 0.29) is 17.4 Å². The number of thioether (sulfide) groups is 1. The topological polar surface area (TPSA) is 41.9 Å². The maximum atomic E-state index is 14.5. The summed E-state index contributed by atoms with van der Waals surface area (Å²) in [5.74, 6) is -0.708. The van der Waals surface area contributed by atoms with Gasteiger partial charge < -0.3 is 4.74 Å². The minimum Gasteiger partial charge on any atom is -0.493 e. The summed E-state index contributed by atoms with van der Waals surface area (Å²) in [6.45, 7) is 3.99. The second-order valence-electron chi connectivity index (χ2n) is 7.30. The number of halogens is 2. The second-order valence-corrected chi connectivity index (χ2v) is 8.52. The van der Waals surface area contributed by atoms with Gasteiger partial charge in [0.1, 0.15) is 22.4 Å². The van der Waals surface area contributed by atoms with Crippen LogP contribution in [0, 0.1) is 17.6 Å². The van der Waals surface area contributed by atoms with Crippen molar-refractivity contribution in [1.82, 2.24) is 5.01 Å². The van der Waals surface area contributed by atoms with Crippen LogP contribution in [0.15, 0.2) is 47.6 Å². The molecule has 4 rings (SSSR count). The highest BCUT2D eigenvalue weighted by Crippen LogP contribution is 2.57. The lowest BCUT2D eigenvalue weighted by molar-refractivity contribution is -0.134. The fourth-order valence-corrected chi connectivity index (χ4v) is 5.59. The molecule has 0 N–H and O–H groups in total.